The summed E-state index contributed by atoms with van der Waals surface area (Å²) in [5.41, 5.74) is 4.09. The molecule has 0 amide bonds. The molecule has 4 rings (SSSR count). The third-order valence-corrected chi connectivity index (χ3v) is 7.19. The van der Waals surface area contributed by atoms with Gasteiger partial charge in [0.25, 0.3) is 0 Å². The monoisotopic (exact) mass is 438 g/mol. The number of benzene rings is 3. The molecule has 1 heteroatoms. The Kier molecular flexibility index (Phi) is 8.01. The highest BCUT2D eigenvalue weighted by molar-refractivity contribution is 5.85. The number of aryl methyl sites for hydroxylation is 1. The fraction of sp³-hybridized carbons (Fsp3) is 0.375. The van der Waals surface area contributed by atoms with E-state index in [4.69, 9.17) is 0 Å². The van der Waals surface area contributed by atoms with Crippen LogP contribution in [0.25, 0.3) is 10.8 Å². The van der Waals surface area contributed by atoms with Crippen LogP contribution in [0.3, 0.4) is 0 Å². The average molecular weight is 439 g/mol. The van der Waals surface area contributed by atoms with Crippen molar-refractivity contribution >= 4 is 10.8 Å². The molecular formula is C32H35F. The third kappa shape index (κ3) is 5.94. The van der Waals surface area contributed by atoms with Gasteiger partial charge >= 0.3 is 0 Å². The van der Waals surface area contributed by atoms with Gasteiger partial charge in [-0.25, -0.2) is 4.39 Å². The lowest BCUT2D eigenvalue weighted by Gasteiger charge is -2.28. The molecule has 0 N–H and O–H groups in total. The van der Waals surface area contributed by atoms with Crippen LogP contribution in [0.2, 0.25) is 0 Å². The Bertz CT molecular complexity index is 1130. The molecule has 3 aromatic carbocycles. The molecule has 0 heterocycles. The second-order valence-corrected chi connectivity index (χ2v) is 9.54. The quantitative estimate of drug-likeness (QED) is 0.255. The minimum absolute atomic E-state index is 0.216. The number of unbranched alkanes of at least 4 members (excludes halogenated alkanes) is 1. The fourth-order valence-corrected chi connectivity index (χ4v) is 5.09. The summed E-state index contributed by atoms with van der Waals surface area (Å²) in [6, 6.07) is 18.5. The number of fused-ring (bicyclic) bond motifs is 1. The first-order valence-corrected chi connectivity index (χ1v) is 12.6. The highest BCUT2D eigenvalue weighted by atomic mass is 19.1. The van der Waals surface area contributed by atoms with Gasteiger partial charge in [-0.15, -0.1) is 6.58 Å². The minimum atomic E-state index is -0.216. The summed E-state index contributed by atoms with van der Waals surface area (Å²) in [6.07, 6.45) is 13.0. The molecule has 0 spiro atoms. The SMILES string of the molecule is C=CCCC1CCC(c2ccc(C#Cc3ccc4cc(CCCC)ccc4c3F)cc2)CC1. The van der Waals surface area contributed by atoms with Crippen molar-refractivity contribution in [1.29, 1.82) is 0 Å². The molecule has 0 unspecified atom stereocenters. The number of allylic oxidation sites excluding steroid dienone is 1. The van der Waals surface area contributed by atoms with Crippen LogP contribution in [0, 0.1) is 23.6 Å². The molecule has 0 aromatic heterocycles. The van der Waals surface area contributed by atoms with Crippen molar-refractivity contribution in [3.63, 3.8) is 0 Å². The van der Waals surface area contributed by atoms with E-state index in [1.54, 1.807) is 0 Å². The molecule has 0 saturated heterocycles. The average Bonchev–Trinajstić information content (AvgIpc) is 2.86. The van der Waals surface area contributed by atoms with Gasteiger partial charge in [-0.05, 0) is 97.9 Å². The van der Waals surface area contributed by atoms with Gasteiger partial charge < -0.3 is 0 Å². The van der Waals surface area contributed by atoms with Crippen molar-refractivity contribution in [2.24, 2.45) is 5.92 Å². The predicted molar refractivity (Wildman–Crippen MR) is 139 cm³/mol. The summed E-state index contributed by atoms with van der Waals surface area (Å²) in [5, 5.41) is 1.61. The lowest BCUT2D eigenvalue weighted by molar-refractivity contribution is 0.312. The van der Waals surface area contributed by atoms with Gasteiger partial charge in [0.1, 0.15) is 5.82 Å². The smallest absolute Gasteiger partial charge is 0.146 e. The van der Waals surface area contributed by atoms with Crippen LogP contribution in [0.4, 0.5) is 4.39 Å². The van der Waals surface area contributed by atoms with Gasteiger partial charge in [-0.3, -0.25) is 0 Å². The zero-order chi connectivity index (χ0) is 23.0. The van der Waals surface area contributed by atoms with E-state index in [1.165, 1.54) is 49.7 Å². The first-order valence-electron chi connectivity index (χ1n) is 12.6. The minimum Gasteiger partial charge on any atom is -0.205 e. The summed E-state index contributed by atoms with van der Waals surface area (Å²) >= 11 is 0. The zero-order valence-electron chi connectivity index (χ0n) is 19.9. The van der Waals surface area contributed by atoms with E-state index in [1.807, 2.05) is 30.3 Å². The van der Waals surface area contributed by atoms with Gasteiger partial charge in [-0.1, -0.05) is 67.7 Å². The maximum Gasteiger partial charge on any atom is 0.146 e. The van der Waals surface area contributed by atoms with Crippen molar-refractivity contribution in [3.8, 4) is 11.8 Å². The molecule has 0 aliphatic heterocycles. The molecule has 0 bridgehead atoms. The van der Waals surface area contributed by atoms with Crippen molar-refractivity contribution in [3.05, 3.63) is 95.3 Å². The summed E-state index contributed by atoms with van der Waals surface area (Å²) in [6.45, 7) is 6.04. The standard InChI is InChI=1S/C32H35F/c1-3-5-7-24-9-15-27(16-10-24)28-17-11-25(12-18-28)13-19-29-20-21-30-23-26(8-6-4-2)14-22-31(30)32(29)33/h3,11-12,14,17-18,20-24,27H,1,4-10,15-16H2,2H3. The van der Waals surface area contributed by atoms with Crippen molar-refractivity contribution < 1.29 is 4.39 Å². The molecule has 0 radical (unpaired) electrons. The molecule has 1 aliphatic carbocycles. The topological polar surface area (TPSA) is 0 Å². The molecule has 33 heavy (non-hydrogen) atoms. The van der Waals surface area contributed by atoms with E-state index in [0.29, 0.717) is 16.9 Å². The van der Waals surface area contributed by atoms with Gasteiger partial charge in [0, 0.05) is 10.9 Å². The van der Waals surface area contributed by atoms with Crippen LogP contribution >= 0.6 is 0 Å². The Labute approximate surface area is 198 Å². The molecule has 1 saturated carbocycles. The highest BCUT2D eigenvalue weighted by Gasteiger charge is 2.21. The Morgan fingerprint density at radius 2 is 1.76 bits per heavy atom. The zero-order valence-corrected chi connectivity index (χ0v) is 19.9. The first-order chi connectivity index (χ1) is 16.2. The van der Waals surface area contributed by atoms with Crippen molar-refractivity contribution in [1.82, 2.24) is 0 Å². The molecule has 0 atom stereocenters. The number of halogens is 1. The largest absolute Gasteiger partial charge is 0.205 e. The van der Waals surface area contributed by atoms with Gasteiger partial charge in [0.05, 0.1) is 5.56 Å². The Hall–Kier alpha value is -2.85. The fourth-order valence-electron chi connectivity index (χ4n) is 5.09. The lowest BCUT2D eigenvalue weighted by atomic mass is 9.77. The Balaban J connectivity index is 1.43. The summed E-state index contributed by atoms with van der Waals surface area (Å²) in [5.74, 6) is 7.54. The normalized spacial score (nSPS) is 18.0. The van der Waals surface area contributed by atoms with Crippen LogP contribution in [0.15, 0.2) is 67.3 Å². The summed E-state index contributed by atoms with van der Waals surface area (Å²) < 4.78 is 15.1. The first kappa shape index (κ1) is 23.3. The van der Waals surface area contributed by atoms with Gasteiger partial charge in [0.2, 0.25) is 0 Å². The molecule has 170 valence electrons. The van der Waals surface area contributed by atoms with E-state index in [-0.39, 0.29) is 5.82 Å². The number of rotatable bonds is 7. The van der Waals surface area contributed by atoms with E-state index in [2.05, 4.69) is 55.7 Å². The third-order valence-electron chi connectivity index (χ3n) is 7.19. The number of hydrogen-bond acceptors (Lipinski definition) is 0. The second-order valence-electron chi connectivity index (χ2n) is 9.54. The highest BCUT2D eigenvalue weighted by Crippen LogP contribution is 2.37. The van der Waals surface area contributed by atoms with E-state index >= 15 is 4.39 Å². The van der Waals surface area contributed by atoms with Crippen LogP contribution < -0.4 is 0 Å². The molecular weight excluding hydrogens is 403 g/mol. The Morgan fingerprint density at radius 3 is 2.48 bits per heavy atom. The summed E-state index contributed by atoms with van der Waals surface area (Å²) in [7, 11) is 0. The van der Waals surface area contributed by atoms with E-state index in [9.17, 15) is 0 Å². The van der Waals surface area contributed by atoms with Crippen molar-refractivity contribution in [2.75, 3.05) is 0 Å². The van der Waals surface area contributed by atoms with Crippen LogP contribution in [0.1, 0.15) is 86.5 Å². The second kappa shape index (κ2) is 11.3. The van der Waals surface area contributed by atoms with Crippen LogP contribution in [-0.2, 0) is 6.42 Å². The van der Waals surface area contributed by atoms with Crippen LogP contribution in [0.5, 0.6) is 0 Å². The van der Waals surface area contributed by atoms with E-state index in [0.717, 1.165) is 36.1 Å². The van der Waals surface area contributed by atoms with E-state index < -0.39 is 0 Å². The Morgan fingerprint density at radius 1 is 0.970 bits per heavy atom. The van der Waals surface area contributed by atoms with Gasteiger partial charge in [0.15, 0.2) is 0 Å². The maximum absolute atomic E-state index is 15.1. The summed E-state index contributed by atoms with van der Waals surface area (Å²) in [4.78, 5) is 0. The van der Waals surface area contributed by atoms with Crippen molar-refractivity contribution in [2.45, 2.75) is 70.6 Å². The molecule has 1 fully saturated rings. The lowest BCUT2D eigenvalue weighted by Crippen LogP contribution is -2.13. The number of hydrogen-bond donors (Lipinski definition) is 0. The molecule has 1 aliphatic rings. The molecule has 3 aromatic rings. The van der Waals surface area contributed by atoms with Crippen LogP contribution in [-0.4, -0.2) is 0 Å². The maximum atomic E-state index is 15.1. The molecule has 0 nitrogen and oxygen atoms in total. The van der Waals surface area contributed by atoms with Gasteiger partial charge in [-0.2, -0.15) is 0 Å². The predicted octanol–water partition coefficient (Wildman–Crippen LogP) is 8.96.